The van der Waals surface area contributed by atoms with Crippen LogP contribution >= 0.6 is 0 Å². The van der Waals surface area contributed by atoms with E-state index >= 15 is 0 Å². The summed E-state index contributed by atoms with van der Waals surface area (Å²) < 4.78 is 28.2. The van der Waals surface area contributed by atoms with Crippen molar-refractivity contribution in [2.45, 2.75) is 26.2 Å². The lowest BCUT2D eigenvalue weighted by Crippen LogP contribution is -2.11. The first-order valence-electron chi connectivity index (χ1n) is 4.97. The predicted molar refractivity (Wildman–Crippen MR) is 54.1 cm³/mol. The molecule has 0 aliphatic rings. The van der Waals surface area contributed by atoms with Crippen LogP contribution in [0.1, 0.15) is 18.6 Å². The molecule has 1 rings (SSSR count). The second-order valence-corrected chi connectivity index (χ2v) is 3.10. The minimum atomic E-state index is -2.45. The molecule has 5 nitrogen and oxygen atoms in total. The summed E-state index contributed by atoms with van der Waals surface area (Å²) in [5.74, 6) is 1.21. The number of hydrogen-bond donors (Lipinski definition) is 1. The van der Waals surface area contributed by atoms with Gasteiger partial charge in [-0.05, 0) is 0 Å². The van der Waals surface area contributed by atoms with Gasteiger partial charge < -0.3 is 10.5 Å². The third-order valence-electron chi connectivity index (χ3n) is 1.78. The molecule has 0 saturated heterocycles. The van der Waals surface area contributed by atoms with Crippen LogP contribution in [0.5, 0.6) is 0 Å². The standard InChI is InChI=1S/C9H14F2N4O/c1-2-7-13-8(15-9(12)14-7)3-4-16-5-6(10)11/h6H,2-5H2,1H3,(H2,12,13,14,15). The van der Waals surface area contributed by atoms with Crippen molar-refractivity contribution < 1.29 is 13.5 Å². The maximum absolute atomic E-state index is 11.8. The molecule has 0 aliphatic heterocycles. The molecule has 1 aromatic heterocycles. The number of alkyl halides is 2. The molecule has 0 amide bonds. The van der Waals surface area contributed by atoms with Crippen molar-refractivity contribution >= 4 is 5.95 Å². The normalized spacial score (nSPS) is 11.0. The van der Waals surface area contributed by atoms with Crippen molar-refractivity contribution in [1.29, 1.82) is 0 Å². The first-order chi connectivity index (χ1) is 7.61. The Hall–Kier alpha value is -1.37. The average molecular weight is 232 g/mol. The highest BCUT2D eigenvalue weighted by atomic mass is 19.3. The van der Waals surface area contributed by atoms with Gasteiger partial charge in [-0.15, -0.1) is 0 Å². The Labute approximate surface area is 92.1 Å². The van der Waals surface area contributed by atoms with E-state index in [2.05, 4.69) is 15.0 Å². The zero-order valence-electron chi connectivity index (χ0n) is 8.99. The lowest BCUT2D eigenvalue weighted by molar-refractivity contribution is 0.0182. The summed E-state index contributed by atoms with van der Waals surface area (Å²) in [7, 11) is 0. The van der Waals surface area contributed by atoms with Crippen molar-refractivity contribution in [3.8, 4) is 0 Å². The fourth-order valence-electron chi connectivity index (χ4n) is 1.09. The summed E-state index contributed by atoms with van der Waals surface area (Å²) in [6, 6.07) is 0. The molecule has 0 atom stereocenters. The Bertz CT molecular complexity index is 335. The number of ether oxygens (including phenoxy) is 1. The van der Waals surface area contributed by atoms with Crippen molar-refractivity contribution in [3.05, 3.63) is 11.6 Å². The van der Waals surface area contributed by atoms with Crippen LogP contribution < -0.4 is 5.73 Å². The van der Waals surface area contributed by atoms with Crippen LogP contribution in [-0.4, -0.2) is 34.6 Å². The van der Waals surface area contributed by atoms with Gasteiger partial charge in [0.05, 0.1) is 6.61 Å². The molecular weight excluding hydrogens is 218 g/mol. The van der Waals surface area contributed by atoms with Crippen molar-refractivity contribution in [3.63, 3.8) is 0 Å². The predicted octanol–water partition coefficient (Wildman–Crippen LogP) is 0.840. The first-order valence-corrected chi connectivity index (χ1v) is 4.97. The van der Waals surface area contributed by atoms with Gasteiger partial charge in [0.25, 0.3) is 6.43 Å². The van der Waals surface area contributed by atoms with E-state index in [1.165, 1.54) is 0 Å². The largest absolute Gasteiger partial charge is 0.375 e. The number of halogens is 2. The van der Waals surface area contributed by atoms with Gasteiger partial charge in [-0.25, -0.2) is 13.8 Å². The number of nitrogen functional groups attached to an aromatic ring is 1. The molecule has 0 aliphatic carbocycles. The number of rotatable bonds is 6. The average Bonchev–Trinajstić information content (AvgIpc) is 2.23. The lowest BCUT2D eigenvalue weighted by Gasteiger charge is -2.04. The van der Waals surface area contributed by atoms with E-state index < -0.39 is 13.0 Å². The van der Waals surface area contributed by atoms with Crippen molar-refractivity contribution in [2.24, 2.45) is 0 Å². The minimum absolute atomic E-state index is 0.149. The summed E-state index contributed by atoms with van der Waals surface area (Å²) >= 11 is 0. The SMILES string of the molecule is CCc1nc(N)nc(CCOCC(F)F)n1. The van der Waals surface area contributed by atoms with E-state index in [0.717, 1.165) is 0 Å². The summed E-state index contributed by atoms with van der Waals surface area (Å²) in [6.07, 6.45) is -1.45. The van der Waals surface area contributed by atoms with E-state index in [0.29, 0.717) is 24.5 Å². The molecule has 1 aromatic rings. The van der Waals surface area contributed by atoms with Crippen molar-refractivity contribution in [2.75, 3.05) is 18.9 Å². The smallest absolute Gasteiger partial charge is 0.261 e. The molecular formula is C9H14F2N4O. The number of nitrogens with zero attached hydrogens (tertiary/aromatic N) is 3. The topological polar surface area (TPSA) is 73.9 Å². The summed E-state index contributed by atoms with van der Waals surface area (Å²) in [4.78, 5) is 11.9. The van der Waals surface area contributed by atoms with Crippen LogP contribution in [0.4, 0.5) is 14.7 Å². The summed E-state index contributed by atoms with van der Waals surface area (Å²) in [5, 5.41) is 0. The Balaban J connectivity index is 2.44. The second kappa shape index (κ2) is 6.26. The van der Waals surface area contributed by atoms with Crippen LogP contribution in [0, 0.1) is 0 Å². The highest BCUT2D eigenvalue weighted by molar-refractivity contribution is 5.15. The molecule has 0 unspecified atom stereocenters. The van der Waals surface area contributed by atoms with Crippen LogP contribution in [-0.2, 0) is 17.6 Å². The highest BCUT2D eigenvalue weighted by Crippen LogP contribution is 2.00. The van der Waals surface area contributed by atoms with E-state index in [1.54, 1.807) is 0 Å². The van der Waals surface area contributed by atoms with Gasteiger partial charge in [-0.1, -0.05) is 6.92 Å². The maximum atomic E-state index is 11.8. The van der Waals surface area contributed by atoms with Gasteiger partial charge in [0, 0.05) is 12.8 Å². The molecule has 1 heterocycles. The van der Waals surface area contributed by atoms with Crippen LogP contribution in [0.2, 0.25) is 0 Å². The van der Waals surface area contributed by atoms with E-state index in [1.807, 2.05) is 6.92 Å². The molecule has 2 N–H and O–H groups in total. The quantitative estimate of drug-likeness (QED) is 0.736. The fourth-order valence-corrected chi connectivity index (χ4v) is 1.09. The van der Waals surface area contributed by atoms with E-state index in [-0.39, 0.29) is 12.6 Å². The Kier molecular flexibility index (Phi) is 4.97. The zero-order chi connectivity index (χ0) is 12.0. The van der Waals surface area contributed by atoms with Crippen molar-refractivity contribution in [1.82, 2.24) is 15.0 Å². The molecule has 7 heteroatoms. The molecule has 90 valence electrons. The number of aryl methyl sites for hydroxylation is 1. The fraction of sp³-hybridized carbons (Fsp3) is 0.667. The molecule has 0 radical (unpaired) electrons. The first kappa shape index (κ1) is 12.7. The van der Waals surface area contributed by atoms with Gasteiger partial charge >= 0.3 is 0 Å². The Morgan fingerprint density at radius 1 is 1.25 bits per heavy atom. The van der Waals surface area contributed by atoms with Crippen LogP contribution in [0.15, 0.2) is 0 Å². The molecule has 0 spiro atoms. The second-order valence-electron chi connectivity index (χ2n) is 3.10. The van der Waals surface area contributed by atoms with Gasteiger partial charge in [0.15, 0.2) is 0 Å². The maximum Gasteiger partial charge on any atom is 0.261 e. The van der Waals surface area contributed by atoms with Crippen LogP contribution in [0.25, 0.3) is 0 Å². The van der Waals surface area contributed by atoms with Crippen LogP contribution in [0.3, 0.4) is 0 Å². The number of hydrogen-bond acceptors (Lipinski definition) is 5. The zero-order valence-corrected chi connectivity index (χ0v) is 8.99. The molecule has 0 saturated carbocycles. The lowest BCUT2D eigenvalue weighted by atomic mass is 10.4. The number of nitrogens with two attached hydrogens (primary N) is 1. The number of aromatic nitrogens is 3. The summed E-state index contributed by atoms with van der Waals surface area (Å²) in [5.41, 5.74) is 5.46. The van der Waals surface area contributed by atoms with Gasteiger partial charge in [-0.2, -0.15) is 9.97 Å². The summed E-state index contributed by atoms with van der Waals surface area (Å²) in [6.45, 7) is 1.48. The Morgan fingerprint density at radius 2 is 1.94 bits per heavy atom. The monoisotopic (exact) mass is 232 g/mol. The van der Waals surface area contributed by atoms with E-state index in [9.17, 15) is 8.78 Å². The molecule has 0 bridgehead atoms. The number of anilines is 1. The molecule has 0 fully saturated rings. The highest BCUT2D eigenvalue weighted by Gasteiger charge is 2.05. The molecule has 16 heavy (non-hydrogen) atoms. The Morgan fingerprint density at radius 3 is 2.56 bits per heavy atom. The van der Waals surface area contributed by atoms with Gasteiger partial charge in [0.2, 0.25) is 5.95 Å². The van der Waals surface area contributed by atoms with Gasteiger partial charge in [0.1, 0.15) is 18.3 Å². The third kappa shape index (κ3) is 4.43. The van der Waals surface area contributed by atoms with Gasteiger partial charge in [-0.3, -0.25) is 0 Å². The minimum Gasteiger partial charge on any atom is -0.375 e. The molecule has 0 aromatic carbocycles. The third-order valence-corrected chi connectivity index (χ3v) is 1.78. The van der Waals surface area contributed by atoms with E-state index in [4.69, 9.17) is 10.5 Å².